The van der Waals surface area contributed by atoms with Crippen LogP contribution in [-0.2, 0) is 11.2 Å². The molecule has 1 rings (SSSR count). The van der Waals surface area contributed by atoms with E-state index in [0.29, 0.717) is 0 Å². The molecule has 0 spiro atoms. The Kier molecular flexibility index (Phi) is 4.91. The zero-order chi connectivity index (χ0) is 13.7. The number of rotatable bonds is 4. The van der Waals surface area contributed by atoms with E-state index in [1.165, 1.54) is 0 Å². The lowest BCUT2D eigenvalue weighted by molar-refractivity contribution is -0.119. The number of carbonyl (C=O) groups is 1. The second kappa shape index (κ2) is 6.20. The van der Waals surface area contributed by atoms with Crippen LogP contribution in [0.25, 0.3) is 0 Å². The molecule has 0 fully saturated rings. The molecule has 0 bridgehead atoms. The van der Waals surface area contributed by atoms with E-state index in [4.69, 9.17) is 5.26 Å². The molecular formula is C15H20N2O. The van der Waals surface area contributed by atoms with Gasteiger partial charge in [0.2, 0.25) is 5.91 Å². The molecule has 0 aromatic heterocycles. The van der Waals surface area contributed by atoms with Gasteiger partial charge in [-0.05, 0) is 30.4 Å². The molecule has 0 saturated heterocycles. The van der Waals surface area contributed by atoms with Crippen molar-refractivity contribution in [3.05, 3.63) is 29.3 Å². The third-order valence-corrected chi connectivity index (χ3v) is 3.08. The Hall–Kier alpha value is -1.82. The van der Waals surface area contributed by atoms with Gasteiger partial charge in [0.25, 0.3) is 0 Å². The molecule has 1 amide bonds. The van der Waals surface area contributed by atoms with E-state index in [2.05, 4.69) is 18.3 Å². The predicted octanol–water partition coefficient (Wildman–Crippen LogP) is 3.29. The fraction of sp³-hybridized carbons (Fsp3) is 0.467. The summed E-state index contributed by atoms with van der Waals surface area (Å²) in [6.45, 7) is 7.78. The van der Waals surface area contributed by atoms with Crippen LogP contribution < -0.4 is 5.32 Å². The molecule has 3 heteroatoms. The summed E-state index contributed by atoms with van der Waals surface area (Å²) >= 11 is 0. The van der Waals surface area contributed by atoms with Crippen molar-refractivity contribution < 1.29 is 4.79 Å². The number of hydrogen-bond acceptors (Lipinski definition) is 2. The SMILES string of the molecule is CCc1cccc(C)c1NC(=O)C(C#N)C(C)C. The van der Waals surface area contributed by atoms with Crippen molar-refractivity contribution in [2.45, 2.75) is 34.1 Å². The minimum Gasteiger partial charge on any atom is -0.324 e. The van der Waals surface area contributed by atoms with Crippen LogP contribution >= 0.6 is 0 Å². The van der Waals surface area contributed by atoms with E-state index >= 15 is 0 Å². The number of hydrogen-bond donors (Lipinski definition) is 1. The molecule has 0 aliphatic heterocycles. The number of nitriles is 1. The largest absolute Gasteiger partial charge is 0.324 e. The van der Waals surface area contributed by atoms with Crippen molar-refractivity contribution in [2.24, 2.45) is 11.8 Å². The van der Waals surface area contributed by atoms with Gasteiger partial charge in [-0.3, -0.25) is 4.79 Å². The van der Waals surface area contributed by atoms with Crippen LogP contribution in [-0.4, -0.2) is 5.91 Å². The number of amides is 1. The Morgan fingerprint density at radius 2 is 2.11 bits per heavy atom. The van der Waals surface area contributed by atoms with Crippen LogP contribution in [0.4, 0.5) is 5.69 Å². The van der Waals surface area contributed by atoms with E-state index in [0.717, 1.165) is 23.2 Å². The van der Waals surface area contributed by atoms with Gasteiger partial charge >= 0.3 is 0 Å². The predicted molar refractivity (Wildman–Crippen MR) is 73.1 cm³/mol. The second-order valence-corrected chi connectivity index (χ2v) is 4.80. The second-order valence-electron chi connectivity index (χ2n) is 4.80. The zero-order valence-corrected chi connectivity index (χ0v) is 11.4. The van der Waals surface area contributed by atoms with E-state index in [-0.39, 0.29) is 11.8 Å². The van der Waals surface area contributed by atoms with Crippen molar-refractivity contribution in [3.8, 4) is 6.07 Å². The normalized spacial score (nSPS) is 12.0. The molecule has 1 unspecified atom stereocenters. The molecule has 0 saturated carbocycles. The summed E-state index contributed by atoms with van der Waals surface area (Å²) in [5.41, 5.74) is 2.98. The molecular weight excluding hydrogens is 224 g/mol. The van der Waals surface area contributed by atoms with Gasteiger partial charge in [-0.25, -0.2) is 0 Å². The maximum absolute atomic E-state index is 12.1. The lowest BCUT2D eigenvalue weighted by Gasteiger charge is -2.17. The molecule has 96 valence electrons. The number of carbonyl (C=O) groups excluding carboxylic acids is 1. The first-order valence-electron chi connectivity index (χ1n) is 6.30. The topological polar surface area (TPSA) is 52.9 Å². The van der Waals surface area contributed by atoms with Gasteiger partial charge in [0.1, 0.15) is 5.92 Å². The molecule has 0 aliphatic rings. The van der Waals surface area contributed by atoms with Crippen molar-refractivity contribution in [1.82, 2.24) is 0 Å². The van der Waals surface area contributed by atoms with Gasteiger partial charge in [0.15, 0.2) is 0 Å². The number of aryl methyl sites for hydroxylation is 2. The fourth-order valence-electron chi connectivity index (χ4n) is 1.91. The van der Waals surface area contributed by atoms with Crippen LogP contribution in [0.1, 0.15) is 31.9 Å². The van der Waals surface area contributed by atoms with E-state index in [9.17, 15) is 4.79 Å². The first kappa shape index (κ1) is 14.2. The number of para-hydroxylation sites is 1. The van der Waals surface area contributed by atoms with E-state index < -0.39 is 5.92 Å². The number of nitrogens with one attached hydrogen (secondary N) is 1. The van der Waals surface area contributed by atoms with Gasteiger partial charge in [0.05, 0.1) is 6.07 Å². The summed E-state index contributed by atoms with van der Waals surface area (Å²) in [6.07, 6.45) is 0.857. The standard InChI is InChI=1S/C15H20N2O/c1-5-12-8-6-7-11(4)14(12)17-15(18)13(9-16)10(2)3/h6-8,10,13H,5H2,1-4H3,(H,17,18). The summed E-state index contributed by atoms with van der Waals surface area (Å²) in [6, 6.07) is 8.01. The summed E-state index contributed by atoms with van der Waals surface area (Å²) in [4.78, 5) is 12.1. The molecule has 1 aromatic rings. The Bertz CT molecular complexity index is 472. The van der Waals surface area contributed by atoms with Crippen LogP contribution in [0.15, 0.2) is 18.2 Å². The Labute approximate surface area is 109 Å². The monoisotopic (exact) mass is 244 g/mol. The highest BCUT2D eigenvalue weighted by Crippen LogP contribution is 2.22. The van der Waals surface area contributed by atoms with Crippen LogP contribution in [0.2, 0.25) is 0 Å². The Balaban J connectivity index is 2.98. The van der Waals surface area contributed by atoms with Crippen molar-refractivity contribution in [1.29, 1.82) is 5.26 Å². The van der Waals surface area contributed by atoms with Gasteiger partial charge in [0, 0.05) is 5.69 Å². The number of nitrogens with zero attached hydrogens (tertiary/aromatic N) is 1. The average molecular weight is 244 g/mol. The van der Waals surface area contributed by atoms with Crippen LogP contribution in [0, 0.1) is 30.1 Å². The van der Waals surface area contributed by atoms with Gasteiger partial charge in [-0.2, -0.15) is 5.26 Å². The van der Waals surface area contributed by atoms with E-state index in [1.807, 2.05) is 39.0 Å². The quantitative estimate of drug-likeness (QED) is 0.883. The smallest absolute Gasteiger partial charge is 0.242 e. The summed E-state index contributed by atoms with van der Waals surface area (Å²) in [7, 11) is 0. The lowest BCUT2D eigenvalue weighted by atomic mass is 9.96. The molecule has 1 N–H and O–H groups in total. The Morgan fingerprint density at radius 1 is 1.44 bits per heavy atom. The molecule has 1 atom stereocenters. The summed E-state index contributed by atoms with van der Waals surface area (Å²) < 4.78 is 0. The molecule has 0 aliphatic carbocycles. The molecule has 0 heterocycles. The van der Waals surface area contributed by atoms with Crippen LogP contribution in [0.3, 0.4) is 0 Å². The minimum absolute atomic E-state index is 0.0177. The van der Waals surface area contributed by atoms with Crippen molar-refractivity contribution in [2.75, 3.05) is 5.32 Å². The van der Waals surface area contributed by atoms with Crippen molar-refractivity contribution in [3.63, 3.8) is 0 Å². The third kappa shape index (κ3) is 3.10. The number of benzene rings is 1. The highest BCUT2D eigenvalue weighted by Gasteiger charge is 2.22. The summed E-state index contributed by atoms with van der Waals surface area (Å²) in [5.74, 6) is -0.796. The van der Waals surface area contributed by atoms with Crippen molar-refractivity contribution >= 4 is 11.6 Å². The van der Waals surface area contributed by atoms with Crippen LogP contribution in [0.5, 0.6) is 0 Å². The number of anilines is 1. The highest BCUT2D eigenvalue weighted by molar-refractivity contribution is 5.95. The maximum atomic E-state index is 12.1. The first-order valence-corrected chi connectivity index (χ1v) is 6.30. The minimum atomic E-state index is -0.602. The first-order chi connectivity index (χ1) is 8.51. The molecule has 1 aromatic carbocycles. The molecule has 3 nitrogen and oxygen atoms in total. The van der Waals surface area contributed by atoms with Gasteiger partial charge in [-0.15, -0.1) is 0 Å². The average Bonchev–Trinajstić information content (AvgIpc) is 2.32. The lowest BCUT2D eigenvalue weighted by Crippen LogP contribution is -2.26. The molecule has 18 heavy (non-hydrogen) atoms. The van der Waals surface area contributed by atoms with Gasteiger partial charge in [-0.1, -0.05) is 39.0 Å². The maximum Gasteiger partial charge on any atom is 0.242 e. The zero-order valence-electron chi connectivity index (χ0n) is 11.4. The van der Waals surface area contributed by atoms with E-state index in [1.54, 1.807) is 0 Å². The van der Waals surface area contributed by atoms with Gasteiger partial charge < -0.3 is 5.32 Å². The Morgan fingerprint density at radius 3 is 2.61 bits per heavy atom. The highest BCUT2D eigenvalue weighted by atomic mass is 16.1. The molecule has 0 radical (unpaired) electrons. The third-order valence-electron chi connectivity index (χ3n) is 3.08. The summed E-state index contributed by atoms with van der Waals surface area (Å²) in [5, 5.41) is 11.9. The fourth-order valence-corrected chi connectivity index (χ4v) is 1.91.